The largest absolute Gasteiger partial charge is 0.344 e. The summed E-state index contributed by atoms with van der Waals surface area (Å²) in [5.74, 6) is 1.36. The highest BCUT2D eigenvalue weighted by Crippen LogP contribution is 2.28. The van der Waals surface area contributed by atoms with Crippen molar-refractivity contribution < 1.29 is 0 Å². The van der Waals surface area contributed by atoms with Gasteiger partial charge in [-0.2, -0.15) is 5.26 Å². The maximum absolute atomic E-state index is 9.09. The van der Waals surface area contributed by atoms with Gasteiger partial charge < -0.3 is 9.88 Å². The van der Waals surface area contributed by atoms with E-state index in [2.05, 4.69) is 28.0 Å². The maximum atomic E-state index is 9.09. The van der Waals surface area contributed by atoms with E-state index in [1.807, 2.05) is 20.0 Å². The quantitative estimate of drug-likeness (QED) is 0.848. The van der Waals surface area contributed by atoms with Crippen molar-refractivity contribution in [3.8, 4) is 6.07 Å². The summed E-state index contributed by atoms with van der Waals surface area (Å²) >= 11 is 0. The number of piperidine rings is 1. The van der Waals surface area contributed by atoms with E-state index in [9.17, 15) is 0 Å². The number of aromatic nitrogens is 2. The molecule has 2 heterocycles. The summed E-state index contributed by atoms with van der Waals surface area (Å²) in [7, 11) is 2.16. The minimum absolute atomic E-state index is 0.524. The van der Waals surface area contributed by atoms with Crippen molar-refractivity contribution in [3.05, 3.63) is 17.7 Å². The third-order valence-corrected chi connectivity index (χ3v) is 3.63. The molecule has 4 nitrogen and oxygen atoms in total. The highest BCUT2D eigenvalue weighted by molar-refractivity contribution is 5.20. The number of hydrogen-bond donors (Lipinski definition) is 1. The predicted octanol–water partition coefficient (Wildman–Crippen LogP) is 2.02. The monoisotopic (exact) mass is 232 g/mol. The second kappa shape index (κ2) is 4.50. The van der Waals surface area contributed by atoms with Crippen LogP contribution in [0, 0.1) is 11.3 Å². The summed E-state index contributed by atoms with van der Waals surface area (Å²) in [4.78, 5) is 10.1. The summed E-state index contributed by atoms with van der Waals surface area (Å²) < 4.78 is 0. The molecule has 1 aromatic heterocycles. The molecule has 0 spiro atoms. The van der Waals surface area contributed by atoms with E-state index in [1.54, 1.807) is 0 Å². The Morgan fingerprint density at radius 2 is 2.12 bits per heavy atom. The Morgan fingerprint density at radius 1 is 1.47 bits per heavy atom. The van der Waals surface area contributed by atoms with Gasteiger partial charge in [-0.25, -0.2) is 4.98 Å². The Kier molecular flexibility index (Phi) is 3.21. The second-order valence-electron chi connectivity index (χ2n) is 5.50. The van der Waals surface area contributed by atoms with E-state index in [0.29, 0.717) is 5.92 Å². The molecule has 1 aromatic rings. The fourth-order valence-electron chi connectivity index (χ4n) is 2.23. The van der Waals surface area contributed by atoms with Gasteiger partial charge in [0.15, 0.2) is 0 Å². The first-order chi connectivity index (χ1) is 8.03. The topological polar surface area (TPSA) is 55.7 Å². The Labute approximate surface area is 103 Å². The molecule has 1 aliphatic rings. The summed E-state index contributed by atoms with van der Waals surface area (Å²) in [5, 5.41) is 9.09. The summed E-state index contributed by atoms with van der Waals surface area (Å²) in [5.41, 5.74) is 0.667. The molecule has 0 radical (unpaired) electrons. The number of H-pyrrole nitrogens is 1. The van der Waals surface area contributed by atoms with Crippen LogP contribution in [0.15, 0.2) is 6.20 Å². The van der Waals surface area contributed by atoms with Crippen LogP contribution in [-0.4, -0.2) is 35.0 Å². The first-order valence-corrected chi connectivity index (χ1v) is 6.18. The Hall–Kier alpha value is -1.34. The highest BCUT2D eigenvalue weighted by Gasteiger charge is 2.26. The van der Waals surface area contributed by atoms with Gasteiger partial charge in [-0.15, -0.1) is 0 Å². The number of nitrogens with zero attached hydrogens (tertiary/aromatic N) is 3. The Balaban J connectivity index is 2.11. The molecule has 0 aromatic carbocycles. The molecule has 0 saturated carbocycles. The van der Waals surface area contributed by atoms with Gasteiger partial charge >= 0.3 is 0 Å². The minimum atomic E-state index is -0.524. The molecule has 1 fully saturated rings. The van der Waals surface area contributed by atoms with Crippen LogP contribution in [0.5, 0.6) is 0 Å². The lowest BCUT2D eigenvalue weighted by atomic mass is 9.93. The van der Waals surface area contributed by atoms with Gasteiger partial charge in [-0.05, 0) is 46.8 Å². The number of hydrogen-bond acceptors (Lipinski definition) is 3. The number of aromatic amines is 1. The zero-order valence-corrected chi connectivity index (χ0v) is 10.8. The van der Waals surface area contributed by atoms with Crippen molar-refractivity contribution in [2.45, 2.75) is 38.0 Å². The molecule has 0 unspecified atom stereocenters. The van der Waals surface area contributed by atoms with E-state index >= 15 is 0 Å². The lowest BCUT2D eigenvalue weighted by Gasteiger charge is -2.28. The molecule has 0 aliphatic carbocycles. The first-order valence-electron chi connectivity index (χ1n) is 6.18. The van der Waals surface area contributed by atoms with Gasteiger partial charge in [0.2, 0.25) is 0 Å². The number of nitrogens with one attached hydrogen (secondary N) is 1. The van der Waals surface area contributed by atoms with Gasteiger partial charge in [0.25, 0.3) is 0 Å². The van der Waals surface area contributed by atoms with Crippen molar-refractivity contribution in [2.24, 2.45) is 0 Å². The molecule has 1 N–H and O–H groups in total. The number of imidazole rings is 1. The molecule has 92 valence electrons. The molecule has 4 heteroatoms. The van der Waals surface area contributed by atoms with Crippen LogP contribution in [0.1, 0.15) is 44.1 Å². The minimum Gasteiger partial charge on any atom is -0.344 e. The van der Waals surface area contributed by atoms with Gasteiger partial charge in [0, 0.05) is 17.8 Å². The van der Waals surface area contributed by atoms with E-state index in [0.717, 1.165) is 18.9 Å². The summed E-state index contributed by atoms with van der Waals surface area (Å²) in [6, 6.07) is 2.28. The van der Waals surface area contributed by atoms with Gasteiger partial charge in [-0.3, -0.25) is 0 Å². The third-order valence-electron chi connectivity index (χ3n) is 3.63. The van der Waals surface area contributed by atoms with Crippen LogP contribution in [0.4, 0.5) is 0 Å². The smallest absolute Gasteiger partial charge is 0.126 e. The molecular weight excluding hydrogens is 212 g/mol. The van der Waals surface area contributed by atoms with Crippen molar-refractivity contribution in [1.29, 1.82) is 5.26 Å². The molecular formula is C13H20N4. The Bertz CT molecular complexity index is 419. The molecule has 1 aliphatic heterocycles. The SMILES string of the molecule is CN1CCC(c2cnc(C(C)(C)C#N)[nH]2)CC1. The van der Waals surface area contributed by atoms with Crippen LogP contribution in [0.3, 0.4) is 0 Å². The highest BCUT2D eigenvalue weighted by atomic mass is 15.1. The lowest BCUT2D eigenvalue weighted by molar-refractivity contribution is 0.253. The molecule has 0 amide bonds. The predicted molar refractivity (Wildman–Crippen MR) is 66.7 cm³/mol. The number of likely N-dealkylation sites (tertiary alicyclic amines) is 1. The van der Waals surface area contributed by atoms with E-state index in [1.165, 1.54) is 18.5 Å². The number of rotatable bonds is 2. The Morgan fingerprint density at radius 3 is 2.71 bits per heavy atom. The molecule has 0 bridgehead atoms. The summed E-state index contributed by atoms with van der Waals surface area (Å²) in [6.45, 7) is 6.07. The third kappa shape index (κ3) is 2.50. The van der Waals surface area contributed by atoms with Gasteiger partial charge in [0.05, 0.1) is 6.07 Å². The van der Waals surface area contributed by atoms with Crippen LogP contribution in [0.25, 0.3) is 0 Å². The summed E-state index contributed by atoms with van der Waals surface area (Å²) in [6.07, 6.45) is 4.25. The van der Waals surface area contributed by atoms with Crippen molar-refractivity contribution in [1.82, 2.24) is 14.9 Å². The van der Waals surface area contributed by atoms with Gasteiger partial charge in [-0.1, -0.05) is 0 Å². The van der Waals surface area contributed by atoms with E-state index < -0.39 is 5.41 Å². The van der Waals surface area contributed by atoms with Crippen molar-refractivity contribution in [2.75, 3.05) is 20.1 Å². The van der Waals surface area contributed by atoms with Crippen LogP contribution in [-0.2, 0) is 5.41 Å². The molecule has 17 heavy (non-hydrogen) atoms. The zero-order valence-electron chi connectivity index (χ0n) is 10.8. The van der Waals surface area contributed by atoms with E-state index in [-0.39, 0.29) is 0 Å². The average Bonchev–Trinajstić information content (AvgIpc) is 2.80. The molecule has 2 rings (SSSR count). The van der Waals surface area contributed by atoms with Crippen LogP contribution >= 0.6 is 0 Å². The molecule has 0 atom stereocenters. The maximum Gasteiger partial charge on any atom is 0.126 e. The normalized spacial score (nSPS) is 19.2. The standard InChI is InChI=1S/C13H20N4/c1-13(2,9-14)12-15-8-11(16-12)10-4-6-17(3)7-5-10/h8,10H,4-7H2,1-3H3,(H,15,16). The van der Waals surface area contributed by atoms with Crippen molar-refractivity contribution in [3.63, 3.8) is 0 Å². The van der Waals surface area contributed by atoms with Crippen LogP contribution in [0.2, 0.25) is 0 Å². The zero-order chi connectivity index (χ0) is 12.5. The lowest BCUT2D eigenvalue weighted by Crippen LogP contribution is -2.29. The van der Waals surface area contributed by atoms with Crippen molar-refractivity contribution >= 4 is 0 Å². The fraction of sp³-hybridized carbons (Fsp3) is 0.692. The number of nitriles is 1. The average molecular weight is 232 g/mol. The van der Waals surface area contributed by atoms with Gasteiger partial charge in [0.1, 0.15) is 11.2 Å². The second-order valence-corrected chi connectivity index (χ2v) is 5.50. The van der Waals surface area contributed by atoms with E-state index in [4.69, 9.17) is 5.26 Å². The first kappa shape index (κ1) is 12.1. The molecule has 1 saturated heterocycles. The fourth-order valence-corrected chi connectivity index (χ4v) is 2.23. The van der Waals surface area contributed by atoms with Crippen LogP contribution < -0.4 is 0 Å².